The Morgan fingerprint density at radius 2 is 2.12 bits per heavy atom. The van der Waals surface area contributed by atoms with E-state index in [1.807, 2.05) is 6.92 Å². The monoisotopic (exact) mass is 241 g/mol. The summed E-state index contributed by atoms with van der Waals surface area (Å²) in [6, 6.07) is 0. The van der Waals surface area contributed by atoms with Gasteiger partial charge in [0.15, 0.2) is 0 Å². The minimum atomic E-state index is -0.372. The van der Waals surface area contributed by atoms with E-state index in [9.17, 15) is 0 Å². The van der Waals surface area contributed by atoms with Gasteiger partial charge in [-0.2, -0.15) is 4.98 Å². The van der Waals surface area contributed by atoms with Crippen molar-refractivity contribution >= 4 is 0 Å². The fourth-order valence-electron chi connectivity index (χ4n) is 2.40. The molecule has 0 bridgehead atoms. The van der Waals surface area contributed by atoms with Gasteiger partial charge in [-0.25, -0.2) is 5.90 Å². The Balaban J connectivity index is 2.18. The standard InChI is InChI=1S/C11H19N3O3/c1-2-15-11(6-4-3-5-7-11)10-13-9(8-16-12)17-14-10/h2-8,12H2,1H3. The van der Waals surface area contributed by atoms with Gasteiger partial charge in [0.05, 0.1) is 0 Å². The van der Waals surface area contributed by atoms with Gasteiger partial charge in [-0.05, 0) is 19.8 Å². The van der Waals surface area contributed by atoms with Crippen LogP contribution in [0.3, 0.4) is 0 Å². The molecule has 6 nitrogen and oxygen atoms in total. The summed E-state index contributed by atoms with van der Waals surface area (Å²) in [5.74, 6) is 6.01. The van der Waals surface area contributed by atoms with Crippen molar-refractivity contribution in [2.45, 2.75) is 51.2 Å². The Labute approximate surface area is 100 Å². The first-order valence-corrected chi connectivity index (χ1v) is 6.09. The normalized spacial score (nSPS) is 19.4. The molecule has 0 unspecified atom stereocenters. The average Bonchev–Trinajstić information content (AvgIpc) is 2.80. The second-order valence-corrected chi connectivity index (χ2v) is 4.31. The van der Waals surface area contributed by atoms with Gasteiger partial charge < -0.3 is 9.26 Å². The van der Waals surface area contributed by atoms with Crippen LogP contribution in [-0.4, -0.2) is 16.7 Å². The molecule has 1 aromatic heterocycles. The van der Waals surface area contributed by atoms with Crippen LogP contribution in [0, 0.1) is 0 Å². The van der Waals surface area contributed by atoms with Crippen molar-refractivity contribution in [3.8, 4) is 0 Å². The molecule has 0 amide bonds. The zero-order chi connectivity index (χ0) is 12.1. The van der Waals surface area contributed by atoms with Gasteiger partial charge >= 0.3 is 0 Å². The van der Waals surface area contributed by atoms with Crippen molar-refractivity contribution in [2.24, 2.45) is 5.90 Å². The first-order chi connectivity index (χ1) is 8.30. The molecule has 2 N–H and O–H groups in total. The summed E-state index contributed by atoms with van der Waals surface area (Å²) < 4.78 is 11.0. The van der Waals surface area contributed by atoms with Crippen LogP contribution >= 0.6 is 0 Å². The van der Waals surface area contributed by atoms with E-state index in [1.165, 1.54) is 6.42 Å². The molecule has 6 heteroatoms. The zero-order valence-corrected chi connectivity index (χ0v) is 10.1. The third-order valence-corrected chi connectivity index (χ3v) is 3.16. The topological polar surface area (TPSA) is 83.4 Å². The molecule has 0 spiro atoms. The van der Waals surface area contributed by atoms with Gasteiger partial charge in [0.1, 0.15) is 12.2 Å². The van der Waals surface area contributed by atoms with Gasteiger partial charge in [-0.15, -0.1) is 0 Å². The highest BCUT2D eigenvalue weighted by atomic mass is 16.6. The van der Waals surface area contributed by atoms with E-state index < -0.39 is 0 Å². The van der Waals surface area contributed by atoms with E-state index in [1.54, 1.807) is 0 Å². The zero-order valence-electron chi connectivity index (χ0n) is 10.1. The number of nitrogens with zero attached hydrogens (tertiary/aromatic N) is 2. The van der Waals surface area contributed by atoms with E-state index in [0.29, 0.717) is 18.3 Å². The first kappa shape index (κ1) is 12.5. The van der Waals surface area contributed by atoms with Crippen molar-refractivity contribution < 1.29 is 14.1 Å². The van der Waals surface area contributed by atoms with Crippen LogP contribution in [0.4, 0.5) is 0 Å². The van der Waals surface area contributed by atoms with Gasteiger partial charge in [-0.1, -0.05) is 24.4 Å². The molecule has 1 saturated carbocycles. The Bertz CT molecular complexity index is 342. The molecule has 0 atom stereocenters. The lowest BCUT2D eigenvalue weighted by atomic mass is 9.84. The summed E-state index contributed by atoms with van der Waals surface area (Å²) in [5.41, 5.74) is -0.372. The number of hydrogen-bond donors (Lipinski definition) is 1. The summed E-state index contributed by atoms with van der Waals surface area (Å²) >= 11 is 0. The van der Waals surface area contributed by atoms with Crippen LogP contribution in [0.2, 0.25) is 0 Å². The van der Waals surface area contributed by atoms with E-state index in [0.717, 1.165) is 25.7 Å². The van der Waals surface area contributed by atoms with Crippen LogP contribution in [0.15, 0.2) is 4.52 Å². The molecule has 1 aliphatic rings. The lowest BCUT2D eigenvalue weighted by Crippen LogP contribution is -2.33. The lowest BCUT2D eigenvalue weighted by Gasteiger charge is -2.33. The van der Waals surface area contributed by atoms with Crippen LogP contribution < -0.4 is 5.90 Å². The number of rotatable bonds is 5. The van der Waals surface area contributed by atoms with Crippen LogP contribution in [-0.2, 0) is 21.8 Å². The van der Waals surface area contributed by atoms with Crippen molar-refractivity contribution in [3.05, 3.63) is 11.7 Å². The summed E-state index contributed by atoms with van der Waals surface area (Å²) in [5, 5.41) is 4.00. The van der Waals surface area contributed by atoms with Gasteiger partial charge in [-0.3, -0.25) is 4.84 Å². The smallest absolute Gasteiger partial charge is 0.254 e. The van der Waals surface area contributed by atoms with Crippen LogP contribution in [0.5, 0.6) is 0 Å². The molecule has 1 heterocycles. The molecule has 0 radical (unpaired) electrons. The van der Waals surface area contributed by atoms with Gasteiger partial charge in [0.2, 0.25) is 5.82 Å². The molecule has 1 aliphatic carbocycles. The Morgan fingerprint density at radius 1 is 1.35 bits per heavy atom. The van der Waals surface area contributed by atoms with Crippen molar-refractivity contribution in [3.63, 3.8) is 0 Å². The SMILES string of the molecule is CCOC1(c2noc(CON)n2)CCCCC1. The number of ether oxygens (including phenoxy) is 1. The van der Waals surface area contributed by atoms with E-state index >= 15 is 0 Å². The molecule has 2 rings (SSSR count). The maximum atomic E-state index is 5.89. The highest BCUT2D eigenvalue weighted by Gasteiger charge is 2.39. The summed E-state index contributed by atoms with van der Waals surface area (Å²) in [7, 11) is 0. The van der Waals surface area contributed by atoms with E-state index in [2.05, 4.69) is 15.0 Å². The maximum Gasteiger partial charge on any atom is 0.254 e. The average molecular weight is 241 g/mol. The molecule has 96 valence electrons. The second-order valence-electron chi connectivity index (χ2n) is 4.31. The fraction of sp³-hybridized carbons (Fsp3) is 0.818. The fourth-order valence-corrected chi connectivity index (χ4v) is 2.40. The highest BCUT2D eigenvalue weighted by molar-refractivity contribution is 5.03. The Kier molecular flexibility index (Phi) is 4.09. The predicted molar refractivity (Wildman–Crippen MR) is 59.7 cm³/mol. The third-order valence-electron chi connectivity index (χ3n) is 3.16. The Hall–Kier alpha value is -0.980. The summed E-state index contributed by atoms with van der Waals surface area (Å²) in [6.07, 6.45) is 5.41. The maximum absolute atomic E-state index is 5.89. The molecule has 17 heavy (non-hydrogen) atoms. The molecule has 1 fully saturated rings. The minimum Gasteiger partial charge on any atom is -0.367 e. The van der Waals surface area contributed by atoms with Crippen molar-refractivity contribution in [2.75, 3.05) is 6.61 Å². The van der Waals surface area contributed by atoms with Crippen LogP contribution in [0.25, 0.3) is 0 Å². The molecular weight excluding hydrogens is 222 g/mol. The molecule has 1 aromatic rings. The second kappa shape index (κ2) is 5.57. The summed E-state index contributed by atoms with van der Waals surface area (Å²) in [4.78, 5) is 8.79. The minimum absolute atomic E-state index is 0.134. The van der Waals surface area contributed by atoms with E-state index in [-0.39, 0.29) is 12.2 Å². The first-order valence-electron chi connectivity index (χ1n) is 6.09. The number of hydrogen-bond acceptors (Lipinski definition) is 6. The highest BCUT2D eigenvalue weighted by Crippen LogP contribution is 2.38. The van der Waals surface area contributed by atoms with Gasteiger partial charge in [0, 0.05) is 6.61 Å². The molecule has 0 saturated heterocycles. The molecule has 0 aromatic carbocycles. The van der Waals surface area contributed by atoms with Crippen LogP contribution in [0.1, 0.15) is 50.7 Å². The van der Waals surface area contributed by atoms with E-state index in [4.69, 9.17) is 15.2 Å². The van der Waals surface area contributed by atoms with Crippen molar-refractivity contribution in [1.82, 2.24) is 10.1 Å². The lowest BCUT2D eigenvalue weighted by molar-refractivity contribution is -0.0777. The largest absolute Gasteiger partial charge is 0.367 e. The predicted octanol–water partition coefficient (Wildman–Crippen LogP) is 1.66. The molecular formula is C11H19N3O3. The molecule has 0 aliphatic heterocycles. The number of nitrogens with two attached hydrogens (primary N) is 1. The quantitative estimate of drug-likeness (QED) is 0.789. The summed E-state index contributed by atoms with van der Waals surface area (Å²) in [6.45, 7) is 2.77. The Morgan fingerprint density at radius 3 is 2.76 bits per heavy atom. The number of aromatic nitrogens is 2. The van der Waals surface area contributed by atoms with Gasteiger partial charge in [0.25, 0.3) is 5.89 Å². The van der Waals surface area contributed by atoms with Crippen molar-refractivity contribution in [1.29, 1.82) is 0 Å². The third kappa shape index (κ3) is 2.65.